The molecule has 0 aliphatic heterocycles. The molecule has 1 aliphatic rings. The summed E-state index contributed by atoms with van der Waals surface area (Å²) in [6, 6.07) is 2.13. The molecule has 0 bridgehead atoms. The minimum Gasteiger partial charge on any atom is -0.327 e. The molecule has 19 heavy (non-hydrogen) atoms. The predicted octanol–water partition coefficient (Wildman–Crippen LogP) is 2.09. The Labute approximate surface area is 115 Å². The number of nitrogens with two attached hydrogens (primary N) is 1. The summed E-state index contributed by atoms with van der Waals surface area (Å²) in [6.07, 6.45) is 5.65. The number of aromatic nitrogens is 2. The van der Waals surface area contributed by atoms with Crippen molar-refractivity contribution in [1.82, 2.24) is 9.78 Å². The molecular weight excluding hydrogens is 238 g/mol. The Morgan fingerprint density at radius 2 is 2.16 bits per heavy atom. The fourth-order valence-electron chi connectivity index (χ4n) is 2.97. The van der Waals surface area contributed by atoms with Crippen molar-refractivity contribution in [1.29, 1.82) is 0 Å². The van der Waals surface area contributed by atoms with Crippen molar-refractivity contribution < 1.29 is 4.79 Å². The van der Waals surface area contributed by atoms with Crippen molar-refractivity contribution in [2.24, 2.45) is 11.7 Å². The van der Waals surface area contributed by atoms with Gasteiger partial charge < -0.3 is 5.73 Å². The third-order valence-corrected chi connectivity index (χ3v) is 4.16. The van der Waals surface area contributed by atoms with Crippen molar-refractivity contribution >= 4 is 5.78 Å². The van der Waals surface area contributed by atoms with Crippen LogP contribution < -0.4 is 5.73 Å². The molecule has 1 fully saturated rings. The second-order valence-electron chi connectivity index (χ2n) is 5.49. The molecule has 1 aliphatic carbocycles. The van der Waals surface area contributed by atoms with Crippen LogP contribution in [0, 0.1) is 5.92 Å². The molecule has 0 aromatic carbocycles. The molecule has 1 saturated carbocycles. The van der Waals surface area contributed by atoms with E-state index in [2.05, 4.69) is 25.0 Å². The first-order valence-electron chi connectivity index (χ1n) is 7.49. The topological polar surface area (TPSA) is 60.9 Å². The van der Waals surface area contributed by atoms with Crippen molar-refractivity contribution in [3.05, 3.63) is 17.5 Å². The Morgan fingerprint density at radius 1 is 1.42 bits per heavy atom. The molecule has 4 nitrogen and oxygen atoms in total. The van der Waals surface area contributed by atoms with Gasteiger partial charge in [0.15, 0.2) is 0 Å². The van der Waals surface area contributed by atoms with Crippen LogP contribution in [-0.2, 0) is 24.2 Å². The summed E-state index contributed by atoms with van der Waals surface area (Å²) in [4.78, 5) is 12.4. The zero-order valence-electron chi connectivity index (χ0n) is 12.1. The van der Waals surface area contributed by atoms with Gasteiger partial charge in [-0.2, -0.15) is 5.10 Å². The SMILES string of the molecule is CCc1cc(CC(=O)C2CCCCC2N)n(CC)n1. The average molecular weight is 263 g/mol. The Morgan fingerprint density at radius 3 is 2.79 bits per heavy atom. The lowest BCUT2D eigenvalue weighted by atomic mass is 9.81. The Kier molecular flexibility index (Phi) is 4.75. The fraction of sp³-hybridized carbons (Fsp3) is 0.733. The van der Waals surface area contributed by atoms with E-state index in [1.165, 1.54) is 0 Å². The number of carbonyl (C=O) groups is 1. The standard InChI is InChI=1S/C15H25N3O/c1-3-11-9-12(18(4-2)17-11)10-15(19)13-7-5-6-8-14(13)16/h9,13-14H,3-8,10,16H2,1-2H3. The van der Waals surface area contributed by atoms with Gasteiger partial charge in [-0.3, -0.25) is 9.48 Å². The van der Waals surface area contributed by atoms with E-state index in [0.717, 1.165) is 50.0 Å². The van der Waals surface area contributed by atoms with Gasteiger partial charge in [0.2, 0.25) is 0 Å². The minimum atomic E-state index is 0.0547. The normalized spacial score (nSPS) is 23.5. The van der Waals surface area contributed by atoms with E-state index >= 15 is 0 Å². The second-order valence-corrected chi connectivity index (χ2v) is 5.49. The van der Waals surface area contributed by atoms with Crippen molar-refractivity contribution in [2.45, 2.75) is 65.0 Å². The van der Waals surface area contributed by atoms with Gasteiger partial charge in [-0.15, -0.1) is 0 Å². The van der Waals surface area contributed by atoms with Gasteiger partial charge in [0, 0.05) is 30.6 Å². The van der Waals surface area contributed by atoms with Crippen LogP contribution in [0.2, 0.25) is 0 Å². The molecule has 0 amide bonds. The highest BCUT2D eigenvalue weighted by Gasteiger charge is 2.28. The first kappa shape index (κ1) is 14.3. The van der Waals surface area contributed by atoms with Gasteiger partial charge in [-0.05, 0) is 32.3 Å². The van der Waals surface area contributed by atoms with E-state index in [9.17, 15) is 4.79 Å². The Hall–Kier alpha value is -1.16. The smallest absolute Gasteiger partial charge is 0.143 e. The van der Waals surface area contributed by atoms with Crippen LogP contribution in [0.3, 0.4) is 0 Å². The fourth-order valence-corrected chi connectivity index (χ4v) is 2.97. The largest absolute Gasteiger partial charge is 0.327 e. The predicted molar refractivity (Wildman–Crippen MR) is 75.9 cm³/mol. The quantitative estimate of drug-likeness (QED) is 0.885. The molecule has 4 heteroatoms. The van der Waals surface area contributed by atoms with Gasteiger partial charge in [-0.1, -0.05) is 19.8 Å². The van der Waals surface area contributed by atoms with Gasteiger partial charge in [-0.25, -0.2) is 0 Å². The van der Waals surface area contributed by atoms with E-state index < -0.39 is 0 Å². The zero-order valence-corrected chi connectivity index (χ0v) is 12.1. The molecule has 0 spiro atoms. The molecule has 1 aromatic heterocycles. The maximum absolute atomic E-state index is 12.4. The lowest BCUT2D eigenvalue weighted by Gasteiger charge is -2.27. The number of nitrogens with zero attached hydrogens (tertiary/aromatic N) is 2. The van der Waals surface area contributed by atoms with Crippen LogP contribution in [0.1, 0.15) is 50.9 Å². The molecule has 0 saturated heterocycles. The number of aryl methyl sites for hydroxylation is 2. The van der Waals surface area contributed by atoms with Crippen LogP contribution in [0.5, 0.6) is 0 Å². The van der Waals surface area contributed by atoms with E-state index in [-0.39, 0.29) is 12.0 Å². The van der Waals surface area contributed by atoms with Crippen molar-refractivity contribution in [3.8, 4) is 0 Å². The third-order valence-electron chi connectivity index (χ3n) is 4.16. The lowest BCUT2D eigenvalue weighted by molar-refractivity contribution is -0.123. The molecule has 2 N–H and O–H groups in total. The van der Waals surface area contributed by atoms with E-state index in [1.807, 2.05) is 4.68 Å². The number of rotatable bonds is 5. The summed E-state index contributed by atoms with van der Waals surface area (Å²) in [5, 5.41) is 4.50. The molecule has 2 unspecified atom stereocenters. The summed E-state index contributed by atoms with van der Waals surface area (Å²) in [5.41, 5.74) is 8.20. The van der Waals surface area contributed by atoms with Crippen LogP contribution in [0.15, 0.2) is 6.07 Å². The summed E-state index contributed by atoms with van der Waals surface area (Å²) in [7, 11) is 0. The Bertz CT molecular complexity index is 439. The van der Waals surface area contributed by atoms with E-state index in [0.29, 0.717) is 12.2 Å². The van der Waals surface area contributed by atoms with Gasteiger partial charge in [0.1, 0.15) is 5.78 Å². The maximum Gasteiger partial charge on any atom is 0.143 e. The number of hydrogen-bond acceptors (Lipinski definition) is 3. The first-order chi connectivity index (χ1) is 9.15. The third kappa shape index (κ3) is 3.24. The van der Waals surface area contributed by atoms with Crippen LogP contribution in [0.25, 0.3) is 0 Å². The highest BCUT2D eigenvalue weighted by atomic mass is 16.1. The summed E-state index contributed by atoms with van der Waals surface area (Å²) >= 11 is 0. The number of ketones is 1. The number of Topliss-reactive ketones (excluding diaryl/α,β-unsaturated/α-hetero) is 1. The van der Waals surface area contributed by atoms with Crippen molar-refractivity contribution in [3.63, 3.8) is 0 Å². The molecule has 0 radical (unpaired) electrons. The van der Waals surface area contributed by atoms with E-state index in [4.69, 9.17) is 5.73 Å². The summed E-state index contributed by atoms with van der Waals surface area (Å²) in [5.74, 6) is 0.350. The van der Waals surface area contributed by atoms with Gasteiger partial charge in [0.25, 0.3) is 0 Å². The molecular formula is C15H25N3O. The maximum atomic E-state index is 12.4. The minimum absolute atomic E-state index is 0.0547. The first-order valence-corrected chi connectivity index (χ1v) is 7.49. The number of hydrogen-bond donors (Lipinski definition) is 1. The van der Waals surface area contributed by atoms with Crippen LogP contribution in [-0.4, -0.2) is 21.6 Å². The van der Waals surface area contributed by atoms with Crippen LogP contribution >= 0.6 is 0 Å². The number of carbonyl (C=O) groups excluding carboxylic acids is 1. The second kappa shape index (κ2) is 6.33. The highest BCUT2D eigenvalue weighted by molar-refractivity contribution is 5.83. The highest BCUT2D eigenvalue weighted by Crippen LogP contribution is 2.25. The van der Waals surface area contributed by atoms with Gasteiger partial charge in [0.05, 0.1) is 5.69 Å². The summed E-state index contributed by atoms with van der Waals surface area (Å²) in [6.45, 7) is 4.97. The average Bonchev–Trinajstić information content (AvgIpc) is 2.81. The zero-order chi connectivity index (χ0) is 13.8. The van der Waals surface area contributed by atoms with Crippen molar-refractivity contribution in [2.75, 3.05) is 0 Å². The molecule has 2 atom stereocenters. The monoisotopic (exact) mass is 263 g/mol. The Balaban J connectivity index is 2.07. The van der Waals surface area contributed by atoms with E-state index in [1.54, 1.807) is 0 Å². The van der Waals surface area contributed by atoms with Gasteiger partial charge >= 0.3 is 0 Å². The molecule has 106 valence electrons. The molecule has 1 aromatic rings. The van der Waals surface area contributed by atoms with Crippen LogP contribution in [0.4, 0.5) is 0 Å². The molecule has 2 rings (SSSR count). The molecule has 1 heterocycles. The lowest BCUT2D eigenvalue weighted by Crippen LogP contribution is -2.38. The summed E-state index contributed by atoms with van der Waals surface area (Å²) < 4.78 is 1.95.